The number of nitrogens with zero attached hydrogens (tertiary/aromatic N) is 3. The predicted octanol–water partition coefficient (Wildman–Crippen LogP) is 6.60. The lowest BCUT2D eigenvalue weighted by atomic mass is 9.91. The van der Waals surface area contributed by atoms with Crippen LogP contribution in [0.1, 0.15) is 36.8 Å². The van der Waals surface area contributed by atoms with Crippen molar-refractivity contribution in [3.8, 4) is 5.69 Å². The van der Waals surface area contributed by atoms with E-state index < -0.39 is 0 Å². The monoisotopic (exact) mass is 718 g/mol. The molecule has 1 aliphatic carbocycles. The van der Waals surface area contributed by atoms with E-state index in [-0.39, 0.29) is 13.2 Å². The summed E-state index contributed by atoms with van der Waals surface area (Å²) in [5, 5.41) is 37.9. The molecule has 0 unspecified atom stereocenters. The lowest BCUT2D eigenvalue weighted by molar-refractivity contribution is 0.281. The van der Waals surface area contributed by atoms with Crippen LogP contribution in [0.2, 0.25) is 0 Å². The van der Waals surface area contributed by atoms with Crippen molar-refractivity contribution in [3.05, 3.63) is 124 Å². The van der Waals surface area contributed by atoms with Gasteiger partial charge in [0, 0.05) is 26.4 Å². The van der Waals surface area contributed by atoms with E-state index >= 15 is 0 Å². The van der Waals surface area contributed by atoms with Crippen molar-refractivity contribution < 1.29 is 10.2 Å². The van der Waals surface area contributed by atoms with Crippen LogP contribution in [-0.2, 0) is 13.2 Å². The Balaban J connectivity index is 0.000000143. The number of H-pyrrole nitrogens is 1. The third-order valence-corrected chi connectivity index (χ3v) is 8.41. The van der Waals surface area contributed by atoms with Crippen LogP contribution in [-0.4, -0.2) is 56.4 Å². The maximum atomic E-state index is 9.14. The number of aliphatic hydroxyl groups excluding tert-OH is 2. The van der Waals surface area contributed by atoms with Gasteiger partial charge >= 0.3 is 0 Å². The van der Waals surface area contributed by atoms with Gasteiger partial charge in [-0.05, 0) is 97.1 Å². The molecule has 1 saturated carbocycles. The van der Waals surface area contributed by atoms with Gasteiger partial charge in [0.2, 0.25) is 0 Å². The van der Waals surface area contributed by atoms with Gasteiger partial charge in [0.25, 0.3) is 0 Å². The fraction of sp³-hybridized carbons (Fsp3) is 0.278. The molecule has 8 nitrogen and oxygen atoms in total. The molecule has 0 amide bonds. The highest BCUT2D eigenvalue weighted by atomic mass is 127. The molecule has 2 aromatic heterocycles. The number of aromatic nitrogens is 4. The minimum atomic E-state index is 0.0487. The third kappa shape index (κ3) is 10.2. The normalized spacial score (nSPS) is 15.7. The largest absolute Gasteiger partial charge is 0.392 e. The van der Waals surface area contributed by atoms with E-state index in [4.69, 9.17) is 10.2 Å². The highest BCUT2D eigenvalue weighted by Crippen LogP contribution is 2.19. The first-order valence-corrected chi connectivity index (χ1v) is 16.3. The van der Waals surface area contributed by atoms with Gasteiger partial charge in [0.05, 0.1) is 42.3 Å². The molecule has 0 aliphatic heterocycles. The highest BCUT2D eigenvalue weighted by molar-refractivity contribution is 14.1. The Hall–Kier alpha value is -3.61. The Morgan fingerprint density at radius 3 is 2.00 bits per heavy atom. The number of aromatic amines is 1. The number of aliphatic hydroxyl groups is 2. The zero-order valence-corrected chi connectivity index (χ0v) is 28.1. The van der Waals surface area contributed by atoms with Crippen LogP contribution in [0.25, 0.3) is 27.5 Å². The third-order valence-electron chi connectivity index (χ3n) is 7.74. The van der Waals surface area contributed by atoms with Crippen LogP contribution in [0.3, 0.4) is 0 Å². The second-order valence-electron chi connectivity index (χ2n) is 10.8. The van der Waals surface area contributed by atoms with Gasteiger partial charge < -0.3 is 20.8 Å². The van der Waals surface area contributed by atoms with Gasteiger partial charge in [-0.2, -0.15) is 10.2 Å². The standard InChI is InChI=1S/C14H12N2O.C8H18N2.C7H7IO.C7H6N2/c17-10-11-4-3-6-13(8-11)16-14-7-2-1-5-12(14)9-15-16;1-9-7-5-3-4-6-8(7)10-2;8-7-3-1-2-6(4-7)5-9;1-2-4-7-6(3-1)5-8-9-7/h1-9,17H,10H2;7-10H,3-6H2,1-2H3;1-4,9H,5H2;1-5H,(H,8,9)/t;7-,8-;;/m.1../s1. The van der Waals surface area contributed by atoms with Crippen molar-refractivity contribution in [1.29, 1.82) is 0 Å². The average Bonchev–Trinajstić information content (AvgIpc) is 3.77. The van der Waals surface area contributed by atoms with Gasteiger partial charge in [0.1, 0.15) is 0 Å². The van der Waals surface area contributed by atoms with Crippen LogP contribution >= 0.6 is 22.6 Å². The zero-order valence-electron chi connectivity index (χ0n) is 25.9. The number of hydrogen-bond donors (Lipinski definition) is 5. The number of rotatable bonds is 5. The first-order chi connectivity index (χ1) is 22.1. The number of para-hydroxylation sites is 2. The molecule has 45 heavy (non-hydrogen) atoms. The first-order valence-electron chi connectivity index (χ1n) is 15.3. The maximum absolute atomic E-state index is 9.14. The van der Waals surface area contributed by atoms with Crippen molar-refractivity contribution in [3.63, 3.8) is 0 Å². The summed E-state index contributed by atoms with van der Waals surface area (Å²) in [6.07, 6.45) is 9.12. The van der Waals surface area contributed by atoms with Crippen LogP contribution < -0.4 is 10.6 Å². The van der Waals surface area contributed by atoms with E-state index in [0.29, 0.717) is 12.1 Å². The van der Waals surface area contributed by atoms with Gasteiger partial charge in [-0.3, -0.25) is 5.10 Å². The Bertz CT molecular complexity index is 1680. The molecule has 9 heteroatoms. The minimum absolute atomic E-state index is 0.0487. The fourth-order valence-electron chi connectivity index (χ4n) is 5.30. The molecule has 2 heterocycles. The van der Waals surface area contributed by atoms with E-state index in [0.717, 1.165) is 38.6 Å². The van der Waals surface area contributed by atoms with Gasteiger partial charge in [-0.15, -0.1) is 0 Å². The van der Waals surface area contributed by atoms with Crippen molar-refractivity contribution in [2.45, 2.75) is 51.0 Å². The summed E-state index contributed by atoms with van der Waals surface area (Å²) in [5.41, 5.74) is 5.00. The first kappa shape index (κ1) is 34.3. The van der Waals surface area contributed by atoms with Gasteiger partial charge in [-0.25, -0.2) is 4.68 Å². The van der Waals surface area contributed by atoms with E-state index in [1.807, 2.05) is 114 Å². The van der Waals surface area contributed by atoms with E-state index in [1.165, 1.54) is 29.3 Å². The number of likely N-dealkylation sites (N-methyl/N-ethyl adjacent to an activating group) is 2. The Kier molecular flexibility index (Phi) is 14.0. The summed E-state index contributed by atoms with van der Waals surface area (Å²) >= 11 is 2.22. The van der Waals surface area contributed by atoms with Crippen LogP contribution in [0.15, 0.2) is 109 Å². The van der Waals surface area contributed by atoms with Crippen molar-refractivity contribution in [2.75, 3.05) is 14.1 Å². The summed E-state index contributed by atoms with van der Waals surface area (Å²) < 4.78 is 3.05. The number of benzene rings is 4. The van der Waals surface area contributed by atoms with E-state index in [1.54, 1.807) is 0 Å². The summed E-state index contributed by atoms with van der Waals surface area (Å²) in [4.78, 5) is 0. The molecular weight excluding hydrogens is 675 g/mol. The SMILES string of the molecule is CN[C@@H]1CCCC[C@H]1NC.OCc1cccc(-n2ncc3ccccc32)c1.OCc1cccc(I)c1.c1ccc2[nH]ncc2c1. The molecule has 2 atom stereocenters. The Morgan fingerprint density at radius 2 is 1.38 bits per heavy atom. The highest BCUT2D eigenvalue weighted by Gasteiger charge is 2.21. The Labute approximate surface area is 279 Å². The Morgan fingerprint density at radius 1 is 0.756 bits per heavy atom. The second-order valence-corrected chi connectivity index (χ2v) is 12.0. The lowest BCUT2D eigenvalue weighted by Crippen LogP contribution is -2.47. The maximum Gasteiger partial charge on any atom is 0.0741 e. The molecule has 4 aromatic carbocycles. The molecular formula is C36H43IN6O2. The predicted molar refractivity (Wildman–Crippen MR) is 192 cm³/mol. The smallest absolute Gasteiger partial charge is 0.0741 e. The van der Waals surface area contributed by atoms with E-state index in [9.17, 15) is 0 Å². The lowest BCUT2D eigenvalue weighted by Gasteiger charge is -2.30. The minimum Gasteiger partial charge on any atom is -0.392 e. The van der Waals surface area contributed by atoms with Gasteiger partial charge in [0.15, 0.2) is 0 Å². The molecule has 0 spiro atoms. The number of hydrogen-bond acceptors (Lipinski definition) is 6. The van der Waals surface area contributed by atoms with Crippen LogP contribution in [0, 0.1) is 3.57 Å². The number of nitrogens with one attached hydrogen (secondary N) is 3. The molecule has 236 valence electrons. The second kappa shape index (κ2) is 18.4. The summed E-state index contributed by atoms with van der Waals surface area (Å²) in [5.74, 6) is 0. The van der Waals surface area contributed by atoms with Crippen molar-refractivity contribution in [2.24, 2.45) is 0 Å². The summed E-state index contributed by atoms with van der Waals surface area (Å²) in [6.45, 7) is 0.184. The zero-order chi connectivity index (χ0) is 31.9. The molecule has 0 bridgehead atoms. The molecule has 7 rings (SSSR count). The molecule has 6 aromatic rings. The molecule has 1 aliphatic rings. The number of halogens is 1. The average molecular weight is 719 g/mol. The fourth-order valence-corrected chi connectivity index (χ4v) is 5.91. The van der Waals surface area contributed by atoms with E-state index in [2.05, 4.69) is 62.6 Å². The molecule has 0 saturated heterocycles. The summed E-state index contributed by atoms with van der Waals surface area (Å²) in [7, 11) is 4.11. The molecule has 5 N–H and O–H groups in total. The topological polar surface area (TPSA) is 111 Å². The molecule has 0 radical (unpaired) electrons. The molecule has 1 fully saturated rings. The van der Waals surface area contributed by atoms with Gasteiger partial charge in [-0.1, -0.05) is 73.5 Å². The number of fused-ring (bicyclic) bond motifs is 2. The van der Waals surface area contributed by atoms with Crippen molar-refractivity contribution >= 4 is 44.4 Å². The van der Waals surface area contributed by atoms with Crippen molar-refractivity contribution in [1.82, 2.24) is 30.6 Å². The summed E-state index contributed by atoms with van der Waals surface area (Å²) in [6, 6.07) is 33.1. The van der Waals surface area contributed by atoms with Crippen LogP contribution in [0.4, 0.5) is 0 Å². The quantitative estimate of drug-likeness (QED) is 0.129. The van der Waals surface area contributed by atoms with Crippen LogP contribution in [0.5, 0.6) is 0 Å².